The second-order valence-corrected chi connectivity index (χ2v) is 25.2. The minimum atomic E-state index is -1.83. The number of hydrogen-bond donors (Lipinski definition) is 17. The molecular formula is C68H90ClN17O13. The molecule has 1 aliphatic heterocycles. The first-order chi connectivity index (χ1) is 47.2. The maximum Gasteiger partial charge on any atom is 0.312 e. The average molecular weight is 1390 g/mol. The summed E-state index contributed by atoms with van der Waals surface area (Å²) < 4.78 is 0. The molecule has 12 amide bonds. The summed E-state index contributed by atoms with van der Waals surface area (Å²) in [6, 6.07) is 14.0. The van der Waals surface area contributed by atoms with E-state index in [2.05, 4.69) is 58.2 Å². The fraction of sp³-hybridized carbons (Fsp3) is 0.426. The van der Waals surface area contributed by atoms with E-state index >= 15 is 0 Å². The summed E-state index contributed by atoms with van der Waals surface area (Å²) in [6.07, 6.45) is 2.97. The van der Waals surface area contributed by atoms with Crippen LogP contribution in [0.5, 0.6) is 5.75 Å². The van der Waals surface area contributed by atoms with Crippen LogP contribution in [-0.2, 0) is 73.6 Å². The zero-order valence-corrected chi connectivity index (χ0v) is 56.1. The van der Waals surface area contributed by atoms with Gasteiger partial charge in [0.25, 0.3) is 0 Å². The summed E-state index contributed by atoms with van der Waals surface area (Å²) in [4.78, 5) is 159. The van der Waals surface area contributed by atoms with Crippen LogP contribution >= 0.6 is 11.6 Å². The van der Waals surface area contributed by atoms with Gasteiger partial charge in [0.2, 0.25) is 59.1 Å². The van der Waals surface area contributed by atoms with E-state index in [4.69, 9.17) is 39.9 Å². The number of aliphatic hydroxyl groups excluding tert-OH is 1. The van der Waals surface area contributed by atoms with Crippen LogP contribution in [0.4, 0.5) is 4.79 Å². The third-order valence-corrected chi connectivity index (χ3v) is 16.6. The number of phenols is 1. The summed E-state index contributed by atoms with van der Waals surface area (Å²) in [5.41, 5.74) is 24.9. The van der Waals surface area contributed by atoms with E-state index in [0.29, 0.717) is 28.1 Å². The number of aromatic nitrogens is 1. The number of rotatable bonds is 37. The van der Waals surface area contributed by atoms with E-state index in [1.165, 1.54) is 48.5 Å². The van der Waals surface area contributed by atoms with Crippen molar-refractivity contribution in [1.82, 2.24) is 63.1 Å². The number of urea groups is 1. The Morgan fingerprint density at radius 3 is 1.66 bits per heavy atom. The number of carbonyl (C=O) groups is 11. The quantitative estimate of drug-likeness (QED) is 0.0133. The Bertz CT molecular complexity index is 3630. The number of phenolic OH excluding ortho intramolecular Hbond substituents is 1. The molecule has 10 atom stereocenters. The lowest BCUT2D eigenvalue weighted by Crippen LogP contribution is -2.61. The number of nitrogens with one attached hydrogen (secondary N) is 11. The van der Waals surface area contributed by atoms with Crippen molar-refractivity contribution in [1.29, 1.82) is 5.41 Å². The highest BCUT2D eigenvalue weighted by Crippen LogP contribution is 2.22. The zero-order valence-electron chi connectivity index (χ0n) is 55.4. The van der Waals surface area contributed by atoms with Crippen molar-refractivity contribution < 1.29 is 63.0 Å². The van der Waals surface area contributed by atoms with Crippen LogP contribution in [0, 0.1) is 11.3 Å². The SMILES string of the molecule is CC(C)C[C@H](NC(=O)[C@@H](CCCNC(N)=O)NC(=O)[C@H](Cc1ccc(O)cc1)NC(=O)[C@H](CO)NC(=O)[C@@H](Cc1cccnc1)NC(=O)[C@@H](Cc1ccc(Cl)cc1)NC(=O)[C@H](N)Cc1ccc2ccccc2c1)C(=O)N[C@@H](CCCNC(=N)N)C(=O)N1CCC[C@H]1C(=O)N[C@H](C)C(N)=O. The van der Waals surface area contributed by atoms with Gasteiger partial charge >= 0.3 is 6.03 Å². The number of carbonyl (C=O) groups excluding carboxylic acids is 11. The number of guanidine groups is 1. The summed E-state index contributed by atoms with van der Waals surface area (Å²) >= 11 is 6.20. The number of fused-ring (bicyclic) bond motifs is 1. The van der Waals surface area contributed by atoms with Gasteiger partial charge in [-0.3, -0.25) is 58.3 Å². The molecule has 30 nitrogen and oxygen atoms in total. The molecule has 21 N–H and O–H groups in total. The Morgan fingerprint density at radius 2 is 1.08 bits per heavy atom. The van der Waals surface area contributed by atoms with Gasteiger partial charge in [0.05, 0.1) is 12.6 Å². The molecule has 0 radical (unpaired) electrons. The zero-order chi connectivity index (χ0) is 72.3. The Hall–Kier alpha value is -10.5. The number of hydrogen-bond acceptors (Lipinski definition) is 16. The van der Waals surface area contributed by atoms with Gasteiger partial charge in [0.15, 0.2) is 5.96 Å². The van der Waals surface area contributed by atoms with Gasteiger partial charge in [-0.15, -0.1) is 0 Å². The average Bonchev–Trinajstić information content (AvgIpc) is 1.55. The van der Waals surface area contributed by atoms with Crippen LogP contribution in [0.15, 0.2) is 116 Å². The van der Waals surface area contributed by atoms with Crippen LogP contribution in [0.3, 0.4) is 0 Å². The second-order valence-electron chi connectivity index (χ2n) is 24.7. The van der Waals surface area contributed by atoms with E-state index in [0.717, 1.165) is 16.3 Å². The van der Waals surface area contributed by atoms with E-state index in [9.17, 15) is 63.0 Å². The molecule has 532 valence electrons. The Labute approximate surface area is 577 Å². The van der Waals surface area contributed by atoms with Crippen LogP contribution in [-0.4, -0.2) is 178 Å². The number of nitrogens with two attached hydrogens (primary N) is 4. The maximum absolute atomic E-state index is 14.8. The first-order valence-electron chi connectivity index (χ1n) is 32.6. The molecule has 99 heavy (non-hydrogen) atoms. The van der Waals surface area contributed by atoms with Crippen molar-refractivity contribution in [2.75, 3.05) is 26.2 Å². The third kappa shape index (κ3) is 25.2. The van der Waals surface area contributed by atoms with Crippen molar-refractivity contribution in [2.24, 2.45) is 28.9 Å². The van der Waals surface area contributed by atoms with Gasteiger partial charge in [0.1, 0.15) is 60.1 Å². The standard InChI is InChI=1S/C68H90ClN17O13/c1-38(2)30-51(60(92)80-50(14-8-27-76-67(72)73)66(98)86-29-9-15-56(86)65(97)78-39(3)57(71)89)82-59(91)49(13-7-28-77-68(74)99)79-61(93)53(34-41-19-24-47(88)25-20-41)84-64(96)55(37-87)85-63(95)54(35-43-10-6-26-75-36-43)83-62(94)52(33-40-17-22-46(69)23-18-40)81-58(90)48(70)32-42-16-21-44-11-4-5-12-45(44)31-42/h4-6,10-12,16-26,31,36,38-39,48-56,87-88H,7-9,13-15,27-30,32-35,37,70H2,1-3H3,(H2,71,89)(H,78,97)(H,79,93)(H,80,92)(H,81,90)(H,82,91)(H,83,94)(H,84,96)(H,85,95)(H4,72,73,76)(H3,74,77,99)/t39-,48-,49-,50+,51+,52-,53+,54-,55+,56+/m1/s1. The maximum atomic E-state index is 14.8. The van der Waals surface area contributed by atoms with Crippen LogP contribution in [0.1, 0.15) is 88.0 Å². The summed E-state index contributed by atoms with van der Waals surface area (Å²) in [5, 5.41) is 57.1. The molecule has 1 saturated heterocycles. The number of halogens is 1. The number of benzene rings is 4. The molecule has 0 saturated carbocycles. The molecule has 0 spiro atoms. The minimum absolute atomic E-state index is 0.00817. The number of amides is 12. The molecule has 1 fully saturated rings. The Morgan fingerprint density at radius 1 is 0.576 bits per heavy atom. The molecule has 2 heterocycles. The van der Waals surface area contributed by atoms with E-state index in [1.807, 2.05) is 42.5 Å². The van der Waals surface area contributed by atoms with E-state index < -0.39 is 132 Å². The van der Waals surface area contributed by atoms with Crippen molar-refractivity contribution in [3.63, 3.8) is 0 Å². The molecule has 1 aliphatic rings. The lowest BCUT2D eigenvalue weighted by Gasteiger charge is -2.31. The number of aromatic hydroxyl groups is 1. The Balaban J connectivity index is 1.24. The molecule has 6 rings (SSSR count). The van der Waals surface area contributed by atoms with Crippen molar-refractivity contribution in [2.45, 2.75) is 152 Å². The number of primary amides is 2. The molecule has 0 aliphatic carbocycles. The van der Waals surface area contributed by atoms with E-state index in [-0.39, 0.29) is 101 Å². The summed E-state index contributed by atoms with van der Waals surface area (Å²) in [7, 11) is 0. The van der Waals surface area contributed by atoms with E-state index in [1.54, 1.807) is 50.2 Å². The van der Waals surface area contributed by atoms with Crippen molar-refractivity contribution >= 4 is 93.4 Å². The predicted molar refractivity (Wildman–Crippen MR) is 368 cm³/mol. The first-order valence-corrected chi connectivity index (χ1v) is 33.0. The molecule has 31 heteroatoms. The third-order valence-electron chi connectivity index (χ3n) is 16.4. The molecule has 0 unspecified atom stereocenters. The number of likely N-dealkylation sites (tertiary alicyclic amines) is 1. The fourth-order valence-electron chi connectivity index (χ4n) is 11.1. The molecule has 1 aromatic heterocycles. The Kier molecular flexibility index (Phi) is 30.1. The normalized spacial score (nSPS) is 15.4. The predicted octanol–water partition coefficient (Wildman–Crippen LogP) is -0.684. The number of aliphatic hydroxyl groups is 1. The van der Waals surface area contributed by atoms with Crippen LogP contribution in [0.2, 0.25) is 5.02 Å². The molecule has 0 bridgehead atoms. The lowest BCUT2D eigenvalue weighted by atomic mass is 10.00. The smallest absolute Gasteiger partial charge is 0.312 e. The molecule has 4 aromatic carbocycles. The highest BCUT2D eigenvalue weighted by atomic mass is 35.5. The van der Waals surface area contributed by atoms with Gasteiger partial charge in [-0.05, 0) is 128 Å². The van der Waals surface area contributed by atoms with Gasteiger partial charge in [-0.1, -0.05) is 98.2 Å². The van der Waals surface area contributed by atoms with Gasteiger partial charge in [-0.25, -0.2) is 4.79 Å². The minimum Gasteiger partial charge on any atom is -0.508 e. The van der Waals surface area contributed by atoms with Gasteiger partial charge in [-0.2, -0.15) is 0 Å². The molecule has 5 aromatic rings. The summed E-state index contributed by atoms with van der Waals surface area (Å²) in [6.45, 7) is 4.01. The fourth-order valence-corrected chi connectivity index (χ4v) is 11.2. The monoisotopic (exact) mass is 1390 g/mol. The van der Waals surface area contributed by atoms with Crippen molar-refractivity contribution in [3.8, 4) is 5.75 Å². The van der Waals surface area contributed by atoms with Crippen LogP contribution < -0.4 is 76.1 Å². The topological polar surface area (TPSA) is 493 Å². The van der Waals surface area contributed by atoms with Gasteiger partial charge < -0.3 is 91.2 Å². The summed E-state index contributed by atoms with van der Waals surface area (Å²) in [5.74, 6) is -9.22. The first kappa shape index (κ1) is 77.5. The molecular weight excluding hydrogens is 1300 g/mol. The largest absolute Gasteiger partial charge is 0.508 e. The van der Waals surface area contributed by atoms with Crippen LogP contribution in [0.25, 0.3) is 10.8 Å². The number of pyridine rings is 1. The highest BCUT2D eigenvalue weighted by Gasteiger charge is 2.40. The number of nitrogens with zero attached hydrogens (tertiary/aromatic N) is 2. The lowest BCUT2D eigenvalue weighted by molar-refractivity contribution is -0.142. The van der Waals surface area contributed by atoms with Crippen molar-refractivity contribution in [3.05, 3.63) is 143 Å². The highest BCUT2D eigenvalue weighted by molar-refractivity contribution is 6.30. The van der Waals surface area contributed by atoms with Gasteiger partial charge in [0, 0.05) is 56.3 Å². The second kappa shape index (κ2) is 38.5.